The normalized spacial score (nSPS) is 22.1. The first kappa shape index (κ1) is 27.1. The van der Waals surface area contributed by atoms with Gasteiger partial charge in [0, 0.05) is 81.9 Å². The van der Waals surface area contributed by atoms with Crippen molar-refractivity contribution in [2.75, 3.05) is 52.3 Å². The Balaban J connectivity index is 1.39. The van der Waals surface area contributed by atoms with Gasteiger partial charge in [-0.15, -0.1) is 0 Å². The number of nitrogens with zero attached hydrogens (tertiary/aromatic N) is 5. The molecule has 2 aliphatic rings. The van der Waals surface area contributed by atoms with Crippen molar-refractivity contribution in [3.63, 3.8) is 0 Å². The lowest BCUT2D eigenvalue weighted by atomic mass is 9.93. The van der Waals surface area contributed by atoms with Crippen LogP contribution in [-0.2, 0) is 11.3 Å². The molecule has 206 valence electrons. The Morgan fingerprint density at radius 2 is 1.82 bits per heavy atom. The number of rotatable bonds is 10. The average Bonchev–Trinajstić information content (AvgIpc) is 3.30. The number of hydrogen-bond acceptors (Lipinski definition) is 7. The van der Waals surface area contributed by atoms with E-state index in [4.69, 9.17) is 14.7 Å². The number of benzene rings is 1. The molecule has 1 saturated heterocycles. The van der Waals surface area contributed by atoms with E-state index in [1.165, 1.54) is 16.7 Å². The Morgan fingerprint density at radius 1 is 1.08 bits per heavy atom. The number of likely N-dealkylation sites (N-methyl/N-ethyl adjacent to an activating group) is 1. The third-order valence-electron chi connectivity index (χ3n) is 8.26. The summed E-state index contributed by atoms with van der Waals surface area (Å²) < 4.78 is 7.54. The van der Waals surface area contributed by atoms with Crippen LogP contribution in [0.3, 0.4) is 0 Å². The number of aliphatic hydroxyl groups is 1. The lowest BCUT2D eigenvalue weighted by Gasteiger charge is -2.32. The predicted octanol–water partition coefficient (Wildman–Crippen LogP) is 4.55. The molecule has 1 saturated carbocycles. The number of aromatic nitrogens is 3. The van der Waals surface area contributed by atoms with Crippen molar-refractivity contribution in [1.29, 1.82) is 0 Å². The molecule has 0 radical (unpaired) electrons. The van der Waals surface area contributed by atoms with Gasteiger partial charge in [0.2, 0.25) is 5.95 Å². The Kier molecular flexibility index (Phi) is 8.94. The van der Waals surface area contributed by atoms with Gasteiger partial charge in [-0.1, -0.05) is 24.3 Å². The van der Waals surface area contributed by atoms with Crippen LogP contribution in [0, 0.1) is 0 Å². The lowest BCUT2D eigenvalue weighted by molar-refractivity contribution is 0.111. The van der Waals surface area contributed by atoms with Gasteiger partial charge in [0.05, 0.1) is 6.10 Å². The molecule has 1 atom stereocenters. The van der Waals surface area contributed by atoms with Crippen molar-refractivity contribution >= 4 is 17.0 Å². The van der Waals surface area contributed by atoms with Crippen molar-refractivity contribution in [3.8, 4) is 11.1 Å². The van der Waals surface area contributed by atoms with Gasteiger partial charge in [0.15, 0.2) is 0 Å². The molecule has 1 aromatic carbocycles. The number of nitrogens with one attached hydrogen (secondary N) is 1. The van der Waals surface area contributed by atoms with Gasteiger partial charge in [-0.2, -0.15) is 4.98 Å². The molecule has 2 aromatic heterocycles. The maximum absolute atomic E-state index is 10.1. The molecule has 0 spiro atoms. The van der Waals surface area contributed by atoms with Crippen LogP contribution < -0.4 is 5.32 Å². The summed E-state index contributed by atoms with van der Waals surface area (Å²) in [7, 11) is 3.94. The number of piperazine rings is 1. The lowest BCUT2D eigenvalue weighted by Crippen LogP contribution is -2.43. The van der Waals surface area contributed by atoms with Gasteiger partial charge >= 0.3 is 0 Å². The van der Waals surface area contributed by atoms with Gasteiger partial charge in [0.1, 0.15) is 5.65 Å². The number of ether oxygens (including phenoxy) is 1. The number of anilines is 1. The van der Waals surface area contributed by atoms with Crippen LogP contribution in [0.4, 0.5) is 5.95 Å². The zero-order valence-corrected chi connectivity index (χ0v) is 23.3. The Bertz CT molecular complexity index is 1160. The molecule has 0 bridgehead atoms. The molecule has 1 aliphatic heterocycles. The summed E-state index contributed by atoms with van der Waals surface area (Å²) in [6.45, 7) is 8.46. The Labute approximate surface area is 227 Å². The van der Waals surface area contributed by atoms with E-state index in [0.717, 1.165) is 88.9 Å². The molecule has 0 amide bonds. The molecule has 5 rings (SSSR count). The fourth-order valence-electron chi connectivity index (χ4n) is 5.82. The summed E-state index contributed by atoms with van der Waals surface area (Å²) in [6, 6.07) is 9.65. The SMILES string of the molecule is COCCC[C@H](C)Nc1ncc2c(-c3ccc(CN4CCN(C)CC4)cc3)cn(C3CCC(O)CC3)c2n1. The van der Waals surface area contributed by atoms with Crippen molar-refractivity contribution in [2.45, 2.75) is 70.2 Å². The van der Waals surface area contributed by atoms with E-state index in [1.54, 1.807) is 7.11 Å². The van der Waals surface area contributed by atoms with Crippen LogP contribution >= 0.6 is 0 Å². The van der Waals surface area contributed by atoms with E-state index in [2.05, 4.69) is 64.1 Å². The van der Waals surface area contributed by atoms with Crippen LogP contribution in [0.5, 0.6) is 0 Å². The Hall–Kier alpha value is -2.52. The summed E-state index contributed by atoms with van der Waals surface area (Å²) in [5.41, 5.74) is 4.71. The number of fused-ring (bicyclic) bond motifs is 1. The van der Waals surface area contributed by atoms with Crippen molar-refractivity contribution in [1.82, 2.24) is 24.3 Å². The van der Waals surface area contributed by atoms with Gasteiger partial charge in [-0.05, 0) is 63.6 Å². The molecule has 2 fully saturated rings. The van der Waals surface area contributed by atoms with Crippen molar-refractivity contribution in [2.24, 2.45) is 0 Å². The van der Waals surface area contributed by atoms with Crippen molar-refractivity contribution < 1.29 is 9.84 Å². The van der Waals surface area contributed by atoms with Crippen molar-refractivity contribution in [3.05, 3.63) is 42.2 Å². The summed E-state index contributed by atoms with van der Waals surface area (Å²) in [5.74, 6) is 0.673. The van der Waals surface area contributed by atoms with E-state index >= 15 is 0 Å². The highest BCUT2D eigenvalue weighted by atomic mass is 16.5. The third-order valence-corrected chi connectivity index (χ3v) is 8.26. The Morgan fingerprint density at radius 3 is 2.53 bits per heavy atom. The molecule has 2 N–H and O–H groups in total. The summed E-state index contributed by atoms with van der Waals surface area (Å²) in [5, 5.41) is 14.7. The minimum atomic E-state index is -0.180. The van der Waals surface area contributed by atoms with E-state index in [9.17, 15) is 5.11 Å². The molecule has 0 unspecified atom stereocenters. The predicted molar refractivity (Wildman–Crippen MR) is 153 cm³/mol. The number of hydrogen-bond donors (Lipinski definition) is 2. The second-order valence-electron chi connectivity index (χ2n) is 11.3. The van der Waals surface area contributed by atoms with E-state index in [0.29, 0.717) is 12.0 Å². The number of methoxy groups -OCH3 is 1. The van der Waals surface area contributed by atoms with Gasteiger partial charge in [-0.25, -0.2) is 4.98 Å². The zero-order chi connectivity index (χ0) is 26.5. The minimum absolute atomic E-state index is 0.180. The number of aliphatic hydroxyl groups excluding tert-OH is 1. The molecule has 3 aromatic rings. The second-order valence-corrected chi connectivity index (χ2v) is 11.3. The first-order valence-electron chi connectivity index (χ1n) is 14.3. The van der Waals surface area contributed by atoms with Crippen LogP contribution in [0.15, 0.2) is 36.7 Å². The molecule has 8 nitrogen and oxygen atoms in total. The maximum Gasteiger partial charge on any atom is 0.224 e. The smallest absolute Gasteiger partial charge is 0.224 e. The molecule has 38 heavy (non-hydrogen) atoms. The third kappa shape index (κ3) is 6.54. The van der Waals surface area contributed by atoms with Crippen LogP contribution in [0.25, 0.3) is 22.2 Å². The second kappa shape index (κ2) is 12.6. The highest BCUT2D eigenvalue weighted by molar-refractivity contribution is 5.94. The largest absolute Gasteiger partial charge is 0.393 e. The zero-order valence-electron chi connectivity index (χ0n) is 23.3. The molecule has 3 heterocycles. The van der Waals surface area contributed by atoms with E-state index in [1.807, 2.05) is 6.20 Å². The van der Waals surface area contributed by atoms with E-state index in [-0.39, 0.29) is 12.1 Å². The van der Waals surface area contributed by atoms with Crippen LogP contribution in [-0.4, -0.2) is 88.5 Å². The van der Waals surface area contributed by atoms with E-state index < -0.39 is 0 Å². The van der Waals surface area contributed by atoms with Gasteiger partial charge < -0.3 is 24.6 Å². The quantitative estimate of drug-likeness (QED) is 0.380. The molecule has 8 heteroatoms. The average molecular weight is 521 g/mol. The first-order valence-corrected chi connectivity index (χ1v) is 14.3. The highest BCUT2D eigenvalue weighted by Gasteiger charge is 2.24. The standard InChI is InChI=1S/C30H44N6O2/c1-22(5-4-18-38-3)32-30-31-19-27-28(21-36(29(27)33-30)25-10-12-26(37)13-11-25)24-8-6-23(7-9-24)20-35-16-14-34(2)15-17-35/h6-9,19,21-22,25-26,37H,4-5,10-18,20H2,1-3H3,(H,31,32,33)/t22-,25?,26?/m0/s1. The van der Waals surface area contributed by atoms with Gasteiger partial charge in [0.25, 0.3) is 0 Å². The van der Waals surface area contributed by atoms with Gasteiger partial charge in [-0.3, -0.25) is 4.90 Å². The summed E-state index contributed by atoms with van der Waals surface area (Å²) >= 11 is 0. The van der Waals surface area contributed by atoms with Crippen LogP contribution in [0.1, 0.15) is 57.1 Å². The summed E-state index contributed by atoms with van der Waals surface area (Å²) in [6.07, 6.45) is 9.69. The minimum Gasteiger partial charge on any atom is -0.393 e. The fourth-order valence-corrected chi connectivity index (χ4v) is 5.82. The first-order chi connectivity index (χ1) is 18.5. The maximum atomic E-state index is 10.1. The topological polar surface area (TPSA) is 78.7 Å². The summed E-state index contributed by atoms with van der Waals surface area (Å²) in [4.78, 5) is 14.7. The monoisotopic (exact) mass is 520 g/mol. The molecule has 1 aliphatic carbocycles. The highest BCUT2D eigenvalue weighted by Crippen LogP contribution is 2.37. The van der Waals surface area contributed by atoms with Crippen LogP contribution in [0.2, 0.25) is 0 Å². The molecular weight excluding hydrogens is 476 g/mol. The fraction of sp³-hybridized carbons (Fsp3) is 0.600. The molecular formula is C30H44N6O2.